The van der Waals surface area contributed by atoms with Crippen molar-refractivity contribution in [2.75, 3.05) is 13.2 Å². The van der Waals surface area contributed by atoms with Crippen LogP contribution in [0, 0.1) is 5.82 Å². The number of hydrogen-bond acceptors (Lipinski definition) is 3. The molecule has 0 saturated carbocycles. The van der Waals surface area contributed by atoms with Crippen LogP contribution in [0.5, 0.6) is 0 Å². The highest BCUT2D eigenvalue weighted by Gasteiger charge is 2.51. The van der Waals surface area contributed by atoms with Crippen molar-refractivity contribution in [2.24, 2.45) is 0 Å². The van der Waals surface area contributed by atoms with Crippen LogP contribution in [0.25, 0.3) is 6.08 Å². The molecule has 0 aliphatic carbocycles. The van der Waals surface area contributed by atoms with E-state index in [0.717, 1.165) is 12.1 Å². The Labute approximate surface area is 115 Å². The molecule has 0 heterocycles. The van der Waals surface area contributed by atoms with E-state index < -0.39 is 19.1 Å². The molecule has 112 valence electrons. The van der Waals surface area contributed by atoms with E-state index in [-0.39, 0.29) is 18.8 Å². The molecule has 0 fully saturated rings. The zero-order valence-corrected chi connectivity index (χ0v) is 12.1. The van der Waals surface area contributed by atoms with Gasteiger partial charge in [0.05, 0.1) is 13.2 Å². The van der Waals surface area contributed by atoms with Gasteiger partial charge in [-0.05, 0) is 32.1 Å². The van der Waals surface area contributed by atoms with Crippen molar-refractivity contribution in [3.63, 3.8) is 0 Å². The lowest BCUT2D eigenvalue weighted by Gasteiger charge is -2.23. The summed E-state index contributed by atoms with van der Waals surface area (Å²) < 4.78 is 62.4. The lowest BCUT2D eigenvalue weighted by atomic mass is 10.2. The van der Waals surface area contributed by atoms with E-state index in [0.29, 0.717) is 6.08 Å². The normalized spacial score (nSPS) is 13.1. The standard InChI is InChI=1S/C13H16F3O3P/c1-3-18-20(17,19-4-2)13(15,16)10-9-11-7-5-6-8-12(11)14/h5-10H,3-4H2,1-2H3/b10-9+. The molecule has 0 aromatic heterocycles. The van der Waals surface area contributed by atoms with E-state index in [1.807, 2.05) is 0 Å². The zero-order chi connectivity index (χ0) is 15.2. The van der Waals surface area contributed by atoms with Crippen LogP contribution in [0.4, 0.5) is 13.2 Å². The number of hydrogen-bond donors (Lipinski definition) is 0. The minimum atomic E-state index is -4.62. The van der Waals surface area contributed by atoms with E-state index in [1.165, 1.54) is 32.0 Å². The fourth-order valence-electron chi connectivity index (χ4n) is 1.44. The second-order valence-corrected chi connectivity index (χ2v) is 5.88. The summed E-state index contributed by atoms with van der Waals surface area (Å²) in [6, 6.07) is 5.42. The van der Waals surface area contributed by atoms with Gasteiger partial charge in [0.2, 0.25) is 0 Å². The minimum Gasteiger partial charge on any atom is -0.304 e. The molecule has 1 aromatic carbocycles. The molecular weight excluding hydrogens is 292 g/mol. The predicted octanol–water partition coefficient (Wildman–Crippen LogP) is 4.70. The van der Waals surface area contributed by atoms with Crippen LogP contribution in [-0.4, -0.2) is 18.9 Å². The van der Waals surface area contributed by atoms with E-state index in [1.54, 1.807) is 0 Å². The van der Waals surface area contributed by atoms with Crippen LogP contribution < -0.4 is 0 Å². The topological polar surface area (TPSA) is 35.5 Å². The summed E-state index contributed by atoms with van der Waals surface area (Å²) in [5.74, 6) is -0.651. The van der Waals surface area contributed by atoms with Crippen LogP contribution >= 0.6 is 7.60 Å². The van der Waals surface area contributed by atoms with E-state index >= 15 is 0 Å². The van der Waals surface area contributed by atoms with Crippen LogP contribution in [0.2, 0.25) is 0 Å². The van der Waals surface area contributed by atoms with Crippen LogP contribution in [0.1, 0.15) is 19.4 Å². The molecule has 0 N–H and O–H groups in total. The Hall–Kier alpha value is -1.10. The number of benzene rings is 1. The molecule has 0 saturated heterocycles. The average Bonchev–Trinajstić information content (AvgIpc) is 2.38. The second kappa shape index (κ2) is 7.07. The molecule has 3 nitrogen and oxygen atoms in total. The van der Waals surface area contributed by atoms with Crippen LogP contribution in [0.15, 0.2) is 30.3 Å². The Morgan fingerprint density at radius 3 is 2.25 bits per heavy atom. The first-order valence-electron chi connectivity index (χ1n) is 6.07. The summed E-state index contributed by atoms with van der Waals surface area (Å²) in [5, 5.41) is 0. The maximum Gasteiger partial charge on any atom is 0.403 e. The van der Waals surface area contributed by atoms with E-state index in [2.05, 4.69) is 9.05 Å². The van der Waals surface area contributed by atoms with Crippen LogP contribution in [0.3, 0.4) is 0 Å². The van der Waals surface area contributed by atoms with Gasteiger partial charge in [0.1, 0.15) is 5.82 Å². The van der Waals surface area contributed by atoms with E-state index in [9.17, 15) is 17.7 Å². The largest absolute Gasteiger partial charge is 0.403 e. The van der Waals surface area contributed by atoms with Crippen molar-refractivity contribution in [1.29, 1.82) is 0 Å². The van der Waals surface area contributed by atoms with Crippen molar-refractivity contribution >= 4 is 13.7 Å². The predicted molar refractivity (Wildman–Crippen MR) is 71.2 cm³/mol. The fraction of sp³-hybridized carbons (Fsp3) is 0.385. The molecule has 1 rings (SSSR count). The molecule has 1 aromatic rings. The second-order valence-electron chi connectivity index (χ2n) is 3.78. The summed E-state index contributed by atoms with van der Waals surface area (Å²) in [7, 11) is -4.62. The van der Waals surface area contributed by atoms with Crippen molar-refractivity contribution < 1.29 is 26.8 Å². The summed E-state index contributed by atoms with van der Waals surface area (Å²) >= 11 is 0. The SMILES string of the molecule is CCOP(=O)(OCC)C(F)(F)/C=C/c1ccccc1F. The van der Waals surface area contributed by atoms with Gasteiger partial charge >= 0.3 is 13.3 Å². The molecule has 0 amide bonds. The third-order valence-electron chi connectivity index (χ3n) is 2.33. The van der Waals surface area contributed by atoms with Gasteiger partial charge in [0.15, 0.2) is 0 Å². The van der Waals surface area contributed by atoms with Gasteiger partial charge in [-0.1, -0.05) is 18.2 Å². The smallest absolute Gasteiger partial charge is 0.304 e. The van der Waals surface area contributed by atoms with Crippen molar-refractivity contribution in [1.82, 2.24) is 0 Å². The zero-order valence-electron chi connectivity index (χ0n) is 11.2. The van der Waals surface area contributed by atoms with Gasteiger partial charge in [-0.25, -0.2) is 4.39 Å². The first-order valence-corrected chi connectivity index (χ1v) is 7.61. The highest BCUT2D eigenvalue weighted by Crippen LogP contribution is 2.62. The quantitative estimate of drug-likeness (QED) is 0.685. The van der Waals surface area contributed by atoms with Gasteiger partial charge in [0, 0.05) is 5.56 Å². The van der Waals surface area contributed by atoms with Gasteiger partial charge in [-0.2, -0.15) is 8.78 Å². The number of halogens is 3. The van der Waals surface area contributed by atoms with Gasteiger partial charge in [-0.15, -0.1) is 0 Å². The molecule has 0 atom stereocenters. The Bertz CT molecular complexity index is 507. The molecular formula is C13H16F3O3P. The highest BCUT2D eigenvalue weighted by atomic mass is 31.2. The molecule has 0 bridgehead atoms. The lowest BCUT2D eigenvalue weighted by Crippen LogP contribution is -2.17. The minimum absolute atomic E-state index is 0.0354. The summed E-state index contributed by atoms with van der Waals surface area (Å²) in [5.41, 5.74) is -3.87. The first-order chi connectivity index (χ1) is 9.36. The summed E-state index contributed by atoms with van der Waals surface area (Å²) in [4.78, 5) is 0. The molecule has 0 unspecified atom stereocenters. The molecule has 0 aliphatic rings. The van der Waals surface area contributed by atoms with Crippen molar-refractivity contribution in [2.45, 2.75) is 19.5 Å². The molecule has 0 aliphatic heterocycles. The Kier molecular flexibility index (Phi) is 5.99. The number of alkyl halides is 2. The van der Waals surface area contributed by atoms with E-state index in [4.69, 9.17) is 0 Å². The monoisotopic (exact) mass is 308 g/mol. The number of rotatable bonds is 7. The number of allylic oxidation sites excluding steroid dienone is 1. The lowest BCUT2D eigenvalue weighted by molar-refractivity contribution is 0.0799. The maximum atomic E-state index is 13.9. The third-order valence-corrected chi connectivity index (χ3v) is 4.41. The Morgan fingerprint density at radius 1 is 1.20 bits per heavy atom. The Balaban J connectivity index is 3.03. The first kappa shape index (κ1) is 17.0. The fourth-order valence-corrected chi connectivity index (χ4v) is 2.80. The van der Waals surface area contributed by atoms with Gasteiger partial charge in [0.25, 0.3) is 0 Å². The van der Waals surface area contributed by atoms with Crippen molar-refractivity contribution in [3.8, 4) is 0 Å². The Morgan fingerprint density at radius 2 is 1.75 bits per heavy atom. The van der Waals surface area contributed by atoms with Crippen molar-refractivity contribution in [3.05, 3.63) is 41.7 Å². The molecule has 20 heavy (non-hydrogen) atoms. The summed E-state index contributed by atoms with van der Waals surface area (Å²) in [6.45, 7) is 2.51. The molecule has 0 spiro atoms. The third kappa shape index (κ3) is 3.95. The van der Waals surface area contributed by atoms with Gasteiger partial charge in [-0.3, -0.25) is 4.57 Å². The highest BCUT2D eigenvalue weighted by molar-refractivity contribution is 7.55. The average molecular weight is 308 g/mol. The van der Waals surface area contributed by atoms with Crippen LogP contribution in [-0.2, 0) is 13.6 Å². The summed E-state index contributed by atoms with van der Waals surface area (Å²) in [6.07, 6.45) is 1.21. The molecule has 0 radical (unpaired) electrons. The van der Waals surface area contributed by atoms with Gasteiger partial charge < -0.3 is 9.05 Å². The maximum absolute atomic E-state index is 13.9. The molecule has 7 heteroatoms.